The van der Waals surface area contributed by atoms with Gasteiger partial charge in [0.15, 0.2) is 6.61 Å². The van der Waals surface area contributed by atoms with Gasteiger partial charge >= 0.3 is 0 Å². The minimum Gasteiger partial charge on any atom is -0.484 e. The van der Waals surface area contributed by atoms with Crippen LogP contribution in [0.2, 0.25) is 0 Å². The van der Waals surface area contributed by atoms with Crippen LogP contribution in [0.25, 0.3) is 0 Å². The highest BCUT2D eigenvalue weighted by molar-refractivity contribution is 5.78. The number of amides is 1. The molecule has 7 heteroatoms. The molecule has 138 valence electrons. The number of nitro groups is 1. The van der Waals surface area contributed by atoms with Crippen LogP contribution in [0.3, 0.4) is 0 Å². The number of hydrogen-bond acceptors (Lipinski definition) is 4. The van der Waals surface area contributed by atoms with Crippen LogP contribution in [0.15, 0.2) is 48.5 Å². The van der Waals surface area contributed by atoms with Gasteiger partial charge in [-0.15, -0.1) is 0 Å². The number of ether oxygens (including phenoxy) is 1. The molecule has 26 heavy (non-hydrogen) atoms. The SMILES string of the molecule is CC(C)(C)N(Cc1cccc(F)c1)C(=O)COc1ccc([N+](=O)[O-])cc1. The van der Waals surface area contributed by atoms with E-state index in [0.717, 1.165) is 0 Å². The van der Waals surface area contributed by atoms with Crippen LogP contribution >= 0.6 is 0 Å². The third-order valence-corrected chi connectivity index (χ3v) is 3.75. The summed E-state index contributed by atoms with van der Waals surface area (Å²) >= 11 is 0. The highest BCUT2D eigenvalue weighted by atomic mass is 19.1. The molecule has 0 aliphatic rings. The Labute approximate surface area is 151 Å². The Hall–Kier alpha value is -2.96. The molecule has 0 aromatic heterocycles. The number of carbonyl (C=O) groups is 1. The van der Waals surface area contributed by atoms with E-state index in [9.17, 15) is 19.3 Å². The molecule has 0 atom stereocenters. The molecular weight excluding hydrogens is 339 g/mol. The van der Waals surface area contributed by atoms with Crippen molar-refractivity contribution >= 4 is 11.6 Å². The molecule has 6 nitrogen and oxygen atoms in total. The summed E-state index contributed by atoms with van der Waals surface area (Å²) in [6, 6.07) is 11.6. The summed E-state index contributed by atoms with van der Waals surface area (Å²) in [6.07, 6.45) is 0. The maximum Gasteiger partial charge on any atom is 0.269 e. The predicted molar refractivity (Wildman–Crippen MR) is 95.3 cm³/mol. The smallest absolute Gasteiger partial charge is 0.269 e. The van der Waals surface area contributed by atoms with E-state index >= 15 is 0 Å². The van der Waals surface area contributed by atoms with Gasteiger partial charge in [-0.05, 0) is 50.6 Å². The number of hydrogen-bond donors (Lipinski definition) is 0. The average Bonchev–Trinajstić information content (AvgIpc) is 2.57. The fraction of sp³-hybridized carbons (Fsp3) is 0.316. The monoisotopic (exact) mass is 360 g/mol. The van der Waals surface area contributed by atoms with Gasteiger partial charge in [0.1, 0.15) is 11.6 Å². The van der Waals surface area contributed by atoms with Crippen LogP contribution in [0.1, 0.15) is 26.3 Å². The highest BCUT2D eigenvalue weighted by Gasteiger charge is 2.27. The molecule has 0 radical (unpaired) electrons. The molecular formula is C19H21FN2O4. The van der Waals surface area contributed by atoms with Crippen molar-refractivity contribution in [3.05, 3.63) is 70.0 Å². The standard InChI is InChI=1S/C19H21FN2O4/c1-19(2,3)21(12-14-5-4-6-15(20)11-14)18(23)13-26-17-9-7-16(8-10-17)22(24)25/h4-11H,12-13H2,1-3H3. The molecule has 0 unspecified atom stereocenters. The van der Waals surface area contributed by atoms with Gasteiger partial charge in [-0.3, -0.25) is 14.9 Å². The average molecular weight is 360 g/mol. The molecule has 0 saturated heterocycles. The zero-order chi connectivity index (χ0) is 19.3. The van der Waals surface area contributed by atoms with E-state index in [1.54, 1.807) is 17.0 Å². The summed E-state index contributed by atoms with van der Waals surface area (Å²) < 4.78 is 18.9. The molecule has 0 aliphatic carbocycles. The molecule has 1 amide bonds. The maximum atomic E-state index is 13.4. The first-order valence-electron chi connectivity index (χ1n) is 8.09. The van der Waals surface area contributed by atoms with Crippen LogP contribution in [0.5, 0.6) is 5.75 Å². The van der Waals surface area contributed by atoms with Gasteiger partial charge < -0.3 is 9.64 Å². The quantitative estimate of drug-likeness (QED) is 0.578. The summed E-state index contributed by atoms with van der Waals surface area (Å²) in [4.78, 5) is 24.4. The fourth-order valence-corrected chi connectivity index (χ4v) is 2.40. The number of nitrogens with zero attached hydrogens (tertiary/aromatic N) is 2. The zero-order valence-corrected chi connectivity index (χ0v) is 14.9. The van der Waals surface area contributed by atoms with Gasteiger partial charge in [-0.25, -0.2) is 4.39 Å². The summed E-state index contributed by atoms with van der Waals surface area (Å²) in [6.45, 7) is 5.69. The minimum absolute atomic E-state index is 0.0499. The van der Waals surface area contributed by atoms with Crippen LogP contribution < -0.4 is 4.74 Å². The van der Waals surface area contributed by atoms with E-state index in [-0.39, 0.29) is 30.6 Å². The zero-order valence-electron chi connectivity index (χ0n) is 14.9. The molecule has 0 heterocycles. The lowest BCUT2D eigenvalue weighted by Crippen LogP contribution is -2.47. The van der Waals surface area contributed by atoms with Crippen LogP contribution in [0.4, 0.5) is 10.1 Å². The number of rotatable bonds is 6. The summed E-state index contributed by atoms with van der Waals surface area (Å²) in [5.41, 5.74) is 0.150. The van der Waals surface area contributed by atoms with Crippen molar-refractivity contribution in [1.29, 1.82) is 0 Å². The molecule has 0 spiro atoms. The second-order valence-corrected chi connectivity index (χ2v) is 6.82. The normalized spacial score (nSPS) is 11.1. The predicted octanol–water partition coefficient (Wildman–Crippen LogP) is 3.94. The topological polar surface area (TPSA) is 72.7 Å². The first-order chi connectivity index (χ1) is 12.2. The first-order valence-corrected chi connectivity index (χ1v) is 8.09. The maximum absolute atomic E-state index is 13.4. The van der Waals surface area contributed by atoms with Crippen LogP contribution in [-0.2, 0) is 11.3 Å². The Bertz CT molecular complexity index is 785. The number of non-ortho nitro benzene ring substituents is 1. The van der Waals surface area contributed by atoms with E-state index in [4.69, 9.17) is 4.74 Å². The summed E-state index contributed by atoms with van der Waals surface area (Å²) in [5, 5.41) is 10.7. The summed E-state index contributed by atoms with van der Waals surface area (Å²) in [7, 11) is 0. The minimum atomic E-state index is -0.505. The van der Waals surface area contributed by atoms with E-state index in [1.807, 2.05) is 20.8 Å². The molecule has 0 bridgehead atoms. The molecule has 0 fully saturated rings. The Morgan fingerprint density at radius 2 is 1.85 bits per heavy atom. The van der Waals surface area contributed by atoms with Crippen molar-refractivity contribution in [2.24, 2.45) is 0 Å². The van der Waals surface area contributed by atoms with E-state index in [2.05, 4.69) is 0 Å². The van der Waals surface area contributed by atoms with Gasteiger partial charge in [0.2, 0.25) is 0 Å². The van der Waals surface area contributed by atoms with Gasteiger partial charge in [0.05, 0.1) is 4.92 Å². The Kier molecular flexibility index (Phi) is 5.92. The van der Waals surface area contributed by atoms with Gasteiger partial charge in [0.25, 0.3) is 11.6 Å². The van der Waals surface area contributed by atoms with E-state index in [0.29, 0.717) is 11.3 Å². The molecule has 2 aromatic rings. The van der Waals surface area contributed by atoms with Crippen molar-refractivity contribution in [3.8, 4) is 5.75 Å². The van der Waals surface area contributed by atoms with Gasteiger partial charge in [-0.1, -0.05) is 12.1 Å². The second kappa shape index (κ2) is 7.95. The van der Waals surface area contributed by atoms with Crippen molar-refractivity contribution < 1.29 is 18.8 Å². The Balaban J connectivity index is 2.06. The van der Waals surface area contributed by atoms with Gasteiger partial charge in [-0.2, -0.15) is 0 Å². The summed E-state index contributed by atoms with van der Waals surface area (Å²) in [5.74, 6) is -0.255. The first kappa shape index (κ1) is 19.4. The number of benzene rings is 2. The number of nitro benzene ring substituents is 1. The van der Waals surface area contributed by atoms with Crippen molar-refractivity contribution in [2.45, 2.75) is 32.9 Å². The van der Waals surface area contributed by atoms with Gasteiger partial charge in [0, 0.05) is 24.2 Å². The number of halogens is 1. The van der Waals surface area contributed by atoms with Crippen LogP contribution in [0, 0.1) is 15.9 Å². The fourth-order valence-electron chi connectivity index (χ4n) is 2.40. The third kappa shape index (κ3) is 5.27. The third-order valence-electron chi connectivity index (χ3n) is 3.75. The highest BCUT2D eigenvalue weighted by Crippen LogP contribution is 2.20. The lowest BCUT2D eigenvalue weighted by molar-refractivity contribution is -0.384. The largest absolute Gasteiger partial charge is 0.484 e. The van der Waals surface area contributed by atoms with E-state index < -0.39 is 10.5 Å². The van der Waals surface area contributed by atoms with Crippen LogP contribution in [-0.4, -0.2) is 27.9 Å². The molecule has 0 saturated carbocycles. The molecule has 0 aliphatic heterocycles. The molecule has 2 aromatic carbocycles. The Morgan fingerprint density at radius 3 is 2.38 bits per heavy atom. The van der Waals surface area contributed by atoms with Crippen molar-refractivity contribution in [2.75, 3.05) is 6.61 Å². The molecule has 2 rings (SSSR count). The van der Waals surface area contributed by atoms with Crippen molar-refractivity contribution in [3.63, 3.8) is 0 Å². The molecule has 0 N–H and O–H groups in total. The lowest BCUT2D eigenvalue weighted by Gasteiger charge is -2.35. The van der Waals surface area contributed by atoms with E-state index in [1.165, 1.54) is 36.4 Å². The van der Waals surface area contributed by atoms with Crippen molar-refractivity contribution in [1.82, 2.24) is 4.90 Å². The number of carbonyl (C=O) groups excluding carboxylic acids is 1. The lowest BCUT2D eigenvalue weighted by atomic mass is 10.0. The Morgan fingerprint density at radius 1 is 1.19 bits per heavy atom. The second-order valence-electron chi connectivity index (χ2n) is 6.82.